The second-order valence-corrected chi connectivity index (χ2v) is 10.8. The number of rotatable bonds is 8. The van der Waals surface area contributed by atoms with Gasteiger partial charge in [-0.3, -0.25) is 4.79 Å². The first-order chi connectivity index (χ1) is 15.3. The van der Waals surface area contributed by atoms with Crippen molar-refractivity contribution in [3.63, 3.8) is 0 Å². The molecule has 1 unspecified atom stereocenters. The third-order valence-electron chi connectivity index (χ3n) is 6.65. The molecule has 1 aromatic carbocycles. The van der Waals surface area contributed by atoms with Crippen LogP contribution in [0.5, 0.6) is 11.5 Å². The van der Waals surface area contributed by atoms with Crippen molar-refractivity contribution in [3.05, 3.63) is 35.4 Å². The number of piperidine rings is 1. The second-order valence-electron chi connectivity index (χ2n) is 8.60. The van der Waals surface area contributed by atoms with E-state index in [-0.39, 0.29) is 5.56 Å². The molecule has 1 aliphatic heterocycles. The number of carbonyl (C=O) groups excluding carboxylic acids is 1. The topological polar surface area (TPSA) is 97.0 Å². The van der Waals surface area contributed by atoms with E-state index < -0.39 is 26.7 Å². The Kier molecular flexibility index (Phi) is 7.84. The van der Waals surface area contributed by atoms with Crippen LogP contribution in [0.25, 0.3) is 0 Å². The summed E-state index contributed by atoms with van der Waals surface area (Å²) in [5.41, 5.74) is 0.672. The number of hydrogen-bond donors (Lipinski definition) is 2. The molecule has 1 aliphatic carbocycles. The standard InChI is InChI=1S/C23H35N3O5S/c1-26(2)32(28,29)22(23(13-15-24-16-14-23)17-9-6-5-7-10-17)25-21(27)20-18(30-3)11-8-12-19(20)31-4/h8-9,11-12,22,24H,5-7,10,13-16H2,1-4H3,(H,25,27). The molecule has 0 radical (unpaired) electrons. The van der Waals surface area contributed by atoms with Crippen molar-refractivity contribution in [2.24, 2.45) is 5.41 Å². The first-order valence-electron chi connectivity index (χ1n) is 11.1. The SMILES string of the molecule is COc1cccc(OC)c1C(=O)NC(C1(C2=CCCCC2)CCNCC1)S(=O)(=O)N(C)C. The number of sulfonamides is 1. The molecule has 0 bridgehead atoms. The predicted octanol–water partition coefficient (Wildman–Crippen LogP) is 2.52. The largest absolute Gasteiger partial charge is 0.496 e. The molecular weight excluding hydrogens is 430 g/mol. The van der Waals surface area contributed by atoms with Crippen LogP contribution in [0.3, 0.4) is 0 Å². The molecule has 1 fully saturated rings. The fourth-order valence-electron chi connectivity index (χ4n) is 4.89. The Hall–Kier alpha value is -2.10. The summed E-state index contributed by atoms with van der Waals surface area (Å²) in [4.78, 5) is 13.6. The van der Waals surface area contributed by atoms with Crippen molar-refractivity contribution >= 4 is 15.9 Å². The minimum absolute atomic E-state index is 0.193. The van der Waals surface area contributed by atoms with Crippen molar-refractivity contribution in [1.29, 1.82) is 0 Å². The Morgan fingerprint density at radius 3 is 2.25 bits per heavy atom. The summed E-state index contributed by atoms with van der Waals surface area (Å²) < 4.78 is 39.3. The molecule has 0 saturated carbocycles. The number of methoxy groups -OCH3 is 2. The minimum atomic E-state index is -3.84. The third-order valence-corrected chi connectivity index (χ3v) is 8.83. The molecule has 0 spiro atoms. The molecule has 9 heteroatoms. The number of ether oxygens (including phenoxy) is 2. The van der Waals surface area contributed by atoms with Gasteiger partial charge in [-0.2, -0.15) is 0 Å². The van der Waals surface area contributed by atoms with E-state index in [2.05, 4.69) is 16.7 Å². The van der Waals surface area contributed by atoms with Gasteiger partial charge in [-0.1, -0.05) is 17.7 Å². The highest BCUT2D eigenvalue weighted by atomic mass is 32.2. The van der Waals surface area contributed by atoms with E-state index in [1.54, 1.807) is 18.2 Å². The van der Waals surface area contributed by atoms with Crippen molar-refractivity contribution in [1.82, 2.24) is 14.9 Å². The fraction of sp³-hybridized carbons (Fsp3) is 0.609. The van der Waals surface area contributed by atoms with E-state index in [9.17, 15) is 13.2 Å². The number of amides is 1. The monoisotopic (exact) mass is 465 g/mol. The van der Waals surface area contributed by atoms with E-state index in [1.165, 1.54) is 32.6 Å². The predicted molar refractivity (Wildman–Crippen MR) is 124 cm³/mol. The van der Waals surface area contributed by atoms with Crippen LogP contribution >= 0.6 is 0 Å². The van der Waals surface area contributed by atoms with Crippen molar-refractivity contribution in [3.8, 4) is 11.5 Å². The number of benzene rings is 1. The first-order valence-corrected chi connectivity index (χ1v) is 12.6. The zero-order valence-electron chi connectivity index (χ0n) is 19.4. The van der Waals surface area contributed by atoms with Crippen LogP contribution in [0.4, 0.5) is 0 Å². The van der Waals surface area contributed by atoms with Crippen molar-refractivity contribution < 1.29 is 22.7 Å². The lowest BCUT2D eigenvalue weighted by molar-refractivity contribution is 0.0900. The molecule has 1 atom stereocenters. The molecule has 32 heavy (non-hydrogen) atoms. The quantitative estimate of drug-likeness (QED) is 0.573. The smallest absolute Gasteiger partial charge is 0.259 e. The summed E-state index contributed by atoms with van der Waals surface area (Å²) >= 11 is 0. The molecule has 3 rings (SSSR count). The second kappa shape index (κ2) is 10.2. The Labute approximate surface area is 191 Å². The molecule has 178 valence electrons. The first kappa shape index (κ1) is 24.5. The van der Waals surface area contributed by atoms with Gasteiger partial charge in [0.15, 0.2) is 5.37 Å². The summed E-state index contributed by atoms with van der Waals surface area (Å²) in [7, 11) is 2.14. The van der Waals surface area contributed by atoms with Gasteiger partial charge in [-0.15, -0.1) is 0 Å². The van der Waals surface area contributed by atoms with Gasteiger partial charge in [0.2, 0.25) is 10.0 Å². The van der Waals surface area contributed by atoms with E-state index >= 15 is 0 Å². The summed E-state index contributed by atoms with van der Waals surface area (Å²) in [6.07, 6.45) is 7.40. The average molecular weight is 466 g/mol. The normalized spacial score (nSPS) is 19.7. The lowest BCUT2D eigenvalue weighted by atomic mass is 9.69. The third kappa shape index (κ3) is 4.65. The lowest BCUT2D eigenvalue weighted by Crippen LogP contribution is -2.59. The molecule has 0 aromatic heterocycles. The summed E-state index contributed by atoms with van der Waals surface area (Å²) in [5, 5.41) is 5.16. The van der Waals surface area contributed by atoms with Crippen LogP contribution in [0.2, 0.25) is 0 Å². The molecule has 2 aliphatic rings. The zero-order chi connectivity index (χ0) is 23.4. The Bertz CT molecular complexity index is 930. The van der Waals surface area contributed by atoms with Gasteiger partial charge in [0.1, 0.15) is 17.1 Å². The van der Waals surface area contributed by atoms with Gasteiger partial charge in [0.25, 0.3) is 5.91 Å². The maximum absolute atomic E-state index is 13.7. The van der Waals surface area contributed by atoms with Crippen molar-refractivity contribution in [2.75, 3.05) is 41.4 Å². The summed E-state index contributed by atoms with van der Waals surface area (Å²) in [5.74, 6) is 0.141. The Morgan fingerprint density at radius 2 is 1.75 bits per heavy atom. The molecule has 2 N–H and O–H groups in total. The number of hydrogen-bond acceptors (Lipinski definition) is 6. The summed E-state index contributed by atoms with van der Waals surface area (Å²) in [6.45, 7) is 1.40. The van der Waals surface area contributed by atoms with Gasteiger partial charge in [-0.25, -0.2) is 12.7 Å². The van der Waals surface area contributed by atoms with E-state index in [0.29, 0.717) is 37.4 Å². The van der Waals surface area contributed by atoms with Crippen LogP contribution in [0, 0.1) is 5.41 Å². The zero-order valence-corrected chi connectivity index (χ0v) is 20.3. The van der Waals surface area contributed by atoms with Crippen LogP contribution in [-0.2, 0) is 10.0 Å². The van der Waals surface area contributed by atoms with Crippen LogP contribution in [-0.4, -0.2) is 65.4 Å². The average Bonchev–Trinajstić information content (AvgIpc) is 2.82. The van der Waals surface area contributed by atoms with Gasteiger partial charge >= 0.3 is 0 Å². The molecule has 1 amide bonds. The number of nitrogens with one attached hydrogen (secondary N) is 2. The van der Waals surface area contributed by atoms with Gasteiger partial charge < -0.3 is 20.1 Å². The number of carbonyl (C=O) groups is 1. The number of nitrogens with zero attached hydrogens (tertiary/aromatic N) is 1. The molecule has 8 nitrogen and oxygen atoms in total. The lowest BCUT2D eigenvalue weighted by Gasteiger charge is -2.46. The van der Waals surface area contributed by atoms with E-state index in [4.69, 9.17) is 9.47 Å². The number of allylic oxidation sites excluding steroid dienone is 1. The van der Waals surface area contributed by atoms with Crippen molar-refractivity contribution in [2.45, 2.75) is 43.9 Å². The molecular formula is C23H35N3O5S. The fourth-order valence-corrected chi connectivity index (χ4v) is 6.52. The molecule has 1 aromatic rings. The minimum Gasteiger partial charge on any atom is -0.496 e. The van der Waals surface area contributed by atoms with Crippen LogP contribution in [0.15, 0.2) is 29.8 Å². The highest BCUT2D eigenvalue weighted by Crippen LogP contribution is 2.46. The molecule has 1 heterocycles. The Balaban J connectivity index is 2.11. The van der Waals surface area contributed by atoms with E-state index in [0.717, 1.165) is 31.3 Å². The maximum atomic E-state index is 13.7. The van der Waals surface area contributed by atoms with Gasteiger partial charge in [0.05, 0.1) is 14.2 Å². The van der Waals surface area contributed by atoms with E-state index in [1.807, 2.05) is 0 Å². The maximum Gasteiger partial charge on any atom is 0.259 e. The van der Waals surface area contributed by atoms with Crippen LogP contribution in [0.1, 0.15) is 48.9 Å². The highest BCUT2D eigenvalue weighted by Gasteiger charge is 2.51. The van der Waals surface area contributed by atoms with Crippen LogP contribution < -0.4 is 20.1 Å². The van der Waals surface area contributed by atoms with Gasteiger partial charge in [0, 0.05) is 19.5 Å². The molecule has 1 saturated heterocycles. The van der Waals surface area contributed by atoms with Gasteiger partial charge in [-0.05, 0) is 63.7 Å². The Morgan fingerprint density at radius 1 is 1.12 bits per heavy atom. The summed E-state index contributed by atoms with van der Waals surface area (Å²) in [6, 6.07) is 5.05. The highest BCUT2D eigenvalue weighted by molar-refractivity contribution is 7.89.